The number of nitrogens with zero attached hydrogens (tertiary/aromatic N) is 2. The molecule has 0 radical (unpaired) electrons. The number of anilines is 2. The minimum atomic E-state index is -3.69. The highest BCUT2D eigenvalue weighted by Gasteiger charge is 2.23. The van der Waals surface area contributed by atoms with E-state index in [0.29, 0.717) is 31.0 Å². The summed E-state index contributed by atoms with van der Waals surface area (Å²) in [6, 6.07) is 18.6. The highest BCUT2D eigenvalue weighted by Crippen LogP contribution is 2.23. The van der Waals surface area contributed by atoms with E-state index in [4.69, 9.17) is 0 Å². The molecule has 0 aliphatic rings. The zero-order chi connectivity index (χ0) is 20.0. The Labute approximate surface area is 164 Å². The van der Waals surface area contributed by atoms with Gasteiger partial charge in [-0.25, -0.2) is 17.8 Å². The van der Waals surface area contributed by atoms with Crippen molar-refractivity contribution in [2.75, 3.05) is 22.7 Å². The quantitative estimate of drug-likeness (QED) is 0.620. The predicted molar refractivity (Wildman–Crippen MR) is 109 cm³/mol. The molecule has 0 saturated heterocycles. The van der Waals surface area contributed by atoms with Gasteiger partial charge in [-0.1, -0.05) is 30.3 Å². The van der Waals surface area contributed by atoms with Crippen LogP contribution in [-0.2, 0) is 16.4 Å². The fourth-order valence-electron chi connectivity index (χ4n) is 2.88. The molecule has 3 aromatic rings. The van der Waals surface area contributed by atoms with Crippen molar-refractivity contribution in [3.63, 3.8) is 0 Å². The Bertz CT molecular complexity index is 1010. The number of hydrogen-bond acceptors (Lipinski definition) is 4. The molecule has 3 rings (SSSR count). The first kappa shape index (κ1) is 19.8. The largest absolute Gasteiger partial charge is 0.370 e. The van der Waals surface area contributed by atoms with Gasteiger partial charge in [0, 0.05) is 19.3 Å². The normalized spacial score (nSPS) is 11.2. The lowest BCUT2D eigenvalue weighted by Gasteiger charge is -2.22. The van der Waals surface area contributed by atoms with Crippen LogP contribution in [0.15, 0.2) is 77.8 Å². The fraction of sp³-hybridized carbons (Fsp3) is 0.190. The minimum absolute atomic E-state index is 0.133. The zero-order valence-electron chi connectivity index (χ0n) is 15.5. The van der Waals surface area contributed by atoms with Crippen LogP contribution in [0, 0.1) is 5.82 Å². The number of hydrogen-bond donors (Lipinski definition) is 1. The Hall–Kier alpha value is -2.93. The van der Waals surface area contributed by atoms with E-state index in [1.165, 1.54) is 22.6 Å². The summed E-state index contributed by atoms with van der Waals surface area (Å²) in [4.78, 5) is 4.35. The minimum Gasteiger partial charge on any atom is -0.370 e. The number of halogens is 1. The molecule has 146 valence electrons. The summed E-state index contributed by atoms with van der Waals surface area (Å²) in [7, 11) is -3.69. The van der Waals surface area contributed by atoms with Crippen LogP contribution >= 0.6 is 0 Å². The summed E-state index contributed by atoms with van der Waals surface area (Å²) in [6.07, 6.45) is 1.99. The van der Waals surface area contributed by atoms with Crippen molar-refractivity contribution >= 4 is 21.5 Å². The number of rotatable bonds is 8. The average molecular weight is 399 g/mol. The van der Waals surface area contributed by atoms with Crippen LogP contribution < -0.4 is 9.62 Å². The Morgan fingerprint density at radius 2 is 1.82 bits per heavy atom. The van der Waals surface area contributed by atoms with Crippen molar-refractivity contribution in [1.82, 2.24) is 4.98 Å². The third-order valence-electron chi connectivity index (χ3n) is 4.26. The van der Waals surface area contributed by atoms with Crippen LogP contribution in [0.2, 0.25) is 0 Å². The van der Waals surface area contributed by atoms with Crippen molar-refractivity contribution in [2.24, 2.45) is 0 Å². The molecule has 28 heavy (non-hydrogen) atoms. The first-order valence-corrected chi connectivity index (χ1v) is 10.5. The van der Waals surface area contributed by atoms with Gasteiger partial charge in [0.25, 0.3) is 10.0 Å². The topological polar surface area (TPSA) is 62.3 Å². The molecule has 0 bridgehead atoms. The van der Waals surface area contributed by atoms with E-state index in [0.717, 1.165) is 5.56 Å². The van der Waals surface area contributed by atoms with Gasteiger partial charge in [-0.2, -0.15) is 0 Å². The smallest absolute Gasteiger partial charge is 0.265 e. The first-order chi connectivity index (χ1) is 13.5. The maximum Gasteiger partial charge on any atom is 0.265 e. The van der Waals surface area contributed by atoms with E-state index in [2.05, 4.69) is 10.3 Å². The standard InChI is InChI=1S/C21H22FN3O2S/c1-2-25(19-9-4-3-5-10-19)28(26,27)20-11-12-21(24-16-20)23-14-13-17-7-6-8-18(22)15-17/h3-12,15-16H,2,13-14H2,1H3,(H,23,24). The second-order valence-electron chi connectivity index (χ2n) is 6.19. The molecular formula is C21H22FN3O2S. The maximum absolute atomic E-state index is 13.2. The van der Waals surface area contributed by atoms with E-state index in [9.17, 15) is 12.8 Å². The second-order valence-corrected chi connectivity index (χ2v) is 8.05. The second kappa shape index (κ2) is 8.84. The van der Waals surface area contributed by atoms with Gasteiger partial charge in [0.15, 0.2) is 0 Å². The van der Waals surface area contributed by atoms with Gasteiger partial charge in [0.05, 0.1) is 5.69 Å². The molecule has 0 atom stereocenters. The highest BCUT2D eigenvalue weighted by molar-refractivity contribution is 7.92. The number of para-hydroxylation sites is 1. The van der Waals surface area contributed by atoms with Gasteiger partial charge in [-0.15, -0.1) is 0 Å². The molecule has 5 nitrogen and oxygen atoms in total. The summed E-state index contributed by atoms with van der Waals surface area (Å²) in [5, 5.41) is 3.12. The van der Waals surface area contributed by atoms with Crippen LogP contribution in [0.1, 0.15) is 12.5 Å². The average Bonchev–Trinajstić information content (AvgIpc) is 2.70. The lowest BCUT2D eigenvalue weighted by molar-refractivity contribution is 0.591. The monoisotopic (exact) mass is 399 g/mol. The van der Waals surface area contributed by atoms with Crippen LogP contribution in [0.4, 0.5) is 15.9 Å². The lowest BCUT2D eigenvalue weighted by atomic mass is 10.1. The number of nitrogens with one attached hydrogen (secondary N) is 1. The molecule has 2 aromatic carbocycles. The molecule has 1 aromatic heterocycles. The van der Waals surface area contributed by atoms with Crippen molar-refractivity contribution in [3.8, 4) is 0 Å². The molecule has 7 heteroatoms. The Kier molecular flexibility index (Phi) is 6.26. The Morgan fingerprint density at radius 1 is 1.04 bits per heavy atom. The Morgan fingerprint density at radius 3 is 2.46 bits per heavy atom. The van der Waals surface area contributed by atoms with Crippen LogP contribution in [0.3, 0.4) is 0 Å². The van der Waals surface area contributed by atoms with E-state index < -0.39 is 10.0 Å². The summed E-state index contributed by atoms with van der Waals surface area (Å²) >= 11 is 0. The summed E-state index contributed by atoms with van der Waals surface area (Å²) in [5.74, 6) is 0.308. The molecule has 0 unspecified atom stereocenters. The van der Waals surface area contributed by atoms with Gasteiger partial charge in [-0.3, -0.25) is 4.31 Å². The highest BCUT2D eigenvalue weighted by atomic mass is 32.2. The van der Waals surface area contributed by atoms with E-state index in [-0.39, 0.29) is 10.7 Å². The van der Waals surface area contributed by atoms with Crippen LogP contribution in [0.25, 0.3) is 0 Å². The fourth-order valence-corrected chi connectivity index (χ4v) is 4.30. The number of pyridine rings is 1. The number of benzene rings is 2. The molecule has 0 aliphatic carbocycles. The Balaban J connectivity index is 1.67. The molecule has 0 saturated carbocycles. The van der Waals surface area contributed by atoms with Gasteiger partial charge >= 0.3 is 0 Å². The number of sulfonamides is 1. The van der Waals surface area contributed by atoms with Crippen molar-refractivity contribution in [3.05, 3.63) is 84.3 Å². The van der Waals surface area contributed by atoms with Crippen molar-refractivity contribution in [1.29, 1.82) is 0 Å². The van der Waals surface area contributed by atoms with Gasteiger partial charge in [0.1, 0.15) is 16.5 Å². The molecule has 1 N–H and O–H groups in total. The summed E-state index contributed by atoms with van der Waals surface area (Å²) in [5.41, 5.74) is 1.50. The lowest BCUT2D eigenvalue weighted by Crippen LogP contribution is -2.30. The van der Waals surface area contributed by atoms with E-state index in [1.807, 2.05) is 12.1 Å². The van der Waals surface area contributed by atoms with Gasteiger partial charge < -0.3 is 5.32 Å². The van der Waals surface area contributed by atoms with Gasteiger partial charge in [-0.05, 0) is 55.3 Å². The molecular weight excluding hydrogens is 377 g/mol. The molecule has 0 aliphatic heterocycles. The van der Waals surface area contributed by atoms with Crippen molar-refractivity contribution < 1.29 is 12.8 Å². The predicted octanol–water partition coefficient (Wildman–Crippen LogP) is 4.09. The third kappa shape index (κ3) is 4.67. The molecule has 0 amide bonds. The summed E-state index contributed by atoms with van der Waals surface area (Å²) < 4.78 is 40.4. The molecule has 0 fully saturated rings. The number of aromatic nitrogens is 1. The van der Waals surface area contributed by atoms with Crippen LogP contribution in [0.5, 0.6) is 0 Å². The SMILES string of the molecule is CCN(c1ccccc1)S(=O)(=O)c1ccc(NCCc2cccc(F)c2)nc1. The van der Waals surface area contributed by atoms with Crippen LogP contribution in [-0.4, -0.2) is 26.5 Å². The maximum atomic E-state index is 13.2. The molecule has 1 heterocycles. The van der Waals surface area contributed by atoms with Crippen molar-refractivity contribution in [2.45, 2.75) is 18.2 Å². The summed E-state index contributed by atoms with van der Waals surface area (Å²) in [6.45, 7) is 2.67. The molecule has 0 spiro atoms. The first-order valence-electron chi connectivity index (χ1n) is 9.03. The van der Waals surface area contributed by atoms with E-state index >= 15 is 0 Å². The van der Waals surface area contributed by atoms with Gasteiger partial charge in [0.2, 0.25) is 0 Å². The zero-order valence-corrected chi connectivity index (χ0v) is 16.4. The van der Waals surface area contributed by atoms with E-state index in [1.54, 1.807) is 49.4 Å². The third-order valence-corrected chi connectivity index (χ3v) is 6.15.